The molecule has 3 aromatic rings. The summed E-state index contributed by atoms with van der Waals surface area (Å²) in [6, 6.07) is 16.6. The van der Waals surface area contributed by atoms with E-state index < -0.39 is 10.8 Å². The zero-order valence-electron chi connectivity index (χ0n) is 16.1. The standard InChI is InChI=1S/C22H16BrN3O5/c23-20-11-16(10-17(12-24)22(27)25-13-19-2-1-9-30-19)5-8-21(20)31-14-15-3-6-18(7-4-15)26(28)29/h1-11H,13-14H2,(H,25,27)/b17-10-. The zero-order chi connectivity index (χ0) is 22.2. The molecule has 2 aromatic carbocycles. The number of nitriles is 1. The number of rotatable bonds is 8. The highest BCUT2D eigenvalue weighted by Crippen LogP contribution is 2.28. The monoisotopic (exact) mass is 481 g/mol. The summed E-state index contributed by atoms with van der Waals surface area (Å²) in [7, 11) is 0. The normalized spacial score (nSPS) is 10.9. The molecule has 1 N–H and O–H groups in total. The van der Waals surface area contributed by atoms with Crippen molar-refractivity contribution >= 4 is 33.6 Å². The molecule has 0 aliphatic carbocycles. The fourth-order valence-electron chi connectivity index (χ4n) is 2.59. The SMILES string of the molecule is N#C/C(=C/c1ccc(OCc2ccc([N+](=O)[O-])cc2)c(Br)c1)C(=O)NCc1ccco1. The fourth-order valence-corrected chi connectivity index (χ4v) is 3.10. The molecule has 1 heterocycles. The first-order valence-electron chi connectivity index (χ1n) is 9.04. The topological polar surface area (TPSA) is 118 Å². The number of hydrogen-bond acceptors (Lipinski definition) is 6. The molecule has 3 rings (SSSR count). The molecular weight excluding hydrogens is 466 g/mol. The van der Waals surface area contributed by atoms with Gasteiger partial charge in [0.15, 0.2) is 0 Å². The smallest absolute Gasteiger partial charge is 0.269 e. The van der Waals surface area contributed by atoms with Crippen LogP contribution in [0, 0.1) is 21.4 Å². The fraction of sp³-hybridized carbons (Fsp3) is 0.0909. The summed E-state index contributed by atoms with van der Waals surface area (Å²) in [5, 5.41) is 22.7. The van der Waals surface area contributed by atoms with Crippen molar-refractivity contribution in [3.63, 3.8) is 0 Å². The summed E-state index contributed by atoms with van der Waals surface area (Å²) in [6.45, 7) is 0.411. The number of hydrogen-bond donors (Lipinski definition) is 1. The Morgan fingerprint density at radius 2 is 2.03 bits per heavy atom. The number of carbonyl (C=O) groups is 1. The van der Waals surface area contributed by atoms with E-state index in [-0.39, 0.29) is 24.4 Å². The summed E-state index contributed by atoms with van der Waals surface area (Å²) in [5.74, 6) is 0.632. The molecule has 1 amide bonds. The van der Waals surface area contributed by atoms with Gasteiger partial charge in [-0.1, -0.05) is 6.07 Å². The van der Waals surface area contributed by atoms with Crippen LogP contribution >= 0.6 is 15.9 Å². The largest absolute Gasteiger partial charge is 0.488 e. The number of halogens is 1. The number of benzene rings is 2. The maximum Gasteiger partial charge on any atom is 0.269 e. The molecular formula is C22H16BrN3O5. The summed E-state index contributed by atoms with van der Waals surface area (Å²) < 4.78 is 11.5. The Kier molecular flexibility index (Phi) is 7.19. The van der Waals surface area contributed by atoms with Crippen LogP contribution in [-0.2, 0) is 17.9 Å². The highest BCUT2D eigenvalue weighted by atomic mass is 79.9. The Morgan fingerprint density at radius 3 is 2.65 bits per heavy atom. The van der Waals surface area contributed by atoms with E-state index in [1.54, 1.807) is 42.5 Å². The molecule has 0 unspecified atom stereocenters. The number of amides is 1. The van der Waals surface area contributed by atoms with E-state index in [2.05, 4.69) is 21.2 Å². The van der Waals surface area contributed by atoms with Crippen molar-refractivity contribution in [1.82, 2.24) is 5.32 Å². The molecule has 0 radical (unpaired) electrons. The van der Waals surface area contributed by atoms with Crippen LogP contribution in [0.3, 0.4) is 0 Å². The Morgan fingerprint density at radius 1 is 1.26 bits per heavy atom. The highest BCUT2D eigenvalue weighted by molar-refractivity contribution is 9.10. The minimum absolute atomic E-state index is 0.0163. The van der Waals surface area contributed by atoms with E-state index in [4.69, 9.17) is 9.15 Å². The third kappa shape index (κ3) is 6.04. The number of carbonyl (C=O) groups excluding carboxylic acids is 1. The molecule has 0 atom stereocenters. The van der Waals surface area contributed by atoms with E-state index >= 15 is 0 Å². The average Bonchev–Trinajstić information content (AvgIpc) is 3.29. The van der Waals surface area contributed by atoms with Gasteiger partial charge in [-0.15, -0.1) is 0 Å². The molecule has 1 aromatic heterocycles. The van der Waals surface area contributed by atoms with Gasteiger partial charge in [-0.05, 0) is 69.5 Å². The molecule has 31 heavy (non-hydrogen) atoms. The second-order valence-corrected chi connectivity index (χ2v) is 7.19. The lowest BCUT2D eigenvalue weighted by atomic mass is 10.1. The first-order chi connectivity index (χ1) is 15.0. The van der Waals surface area contributed by atoms with Crippen molar-refractivity contribution in [2.24, 2.45) is 0 Å². The highest BCUT2D eigenvalue weighted by Gasteiger charge is 2.11. The molecule has 0 fully saturated rings. The predicted octanol–water partition coefficient (Wildman–Crippen LogP) is 4.75. The van der Waals surface area contributed by atoms with Gasteiger partial charge in [0, 0.05) is 12.1 Å². The van der Waals surface area contributed by atoms with Crippen LogP contribution in [0.15, 0.2) is 75.3 Å². The van der Waals surface area contributed by atoms with Crippen LogP contribution in [0.1, 0.15) is 16.9 Å². The zero-order valence-corrected chi connectivity index (χ0v) is 17.7. The first-order valence-corrected chi connectivity index (χ1v) is 9.83. The Hall–Kier alpha value is -3.90. The Balaban J connectivity index is 1.63. The molecule has 0 spiro atoms. The van der Waals surface area contributed by atoms with Crippen LogP contribution in [0.4, 0.5) is 5.69 Å². The molecule has 0 aliphatic rings. The van der Waals surface area contributed by atoms with Crippen molar-refractivity contribution in [2.75, 3.05) is 0 Å². The summed E-state index contributed by atoms with van der Waals surface area (Å²) >= 11 is 3.42. The van der Waals surface area contributed by atoms with Gasteiger partial charge in [0.05, 0.1) is 22.2 Å². The molecule has 0 saturated carbocycles. The van der Waals surface area contributed by atoms with Crippen molar-refractivity contribution in [3.05, 3.63) is 97.9 Å². The molecule has 156 valence electrons. The van der Waals surface area contributed by atoms with E-state index in [1.807, 2.05) is 6.07 Å². The summed E-state index contributed by atoms with van der Waals surface area (Å²) in [5.41, 5.74) is 1.39. The van der Waals surface area contributed by atoms with Crippen LogP contribution in [-0.4, -0.2) is 10.8 Å². The third-order valence-electron chi connectivity index (χ3n) is 4.18. The van der Waals surface area contributed by atoms with Crippen molar-refractivity contribution in [2.45, 2.75) is 13.2 Å². The minimum atomic E-state index is -0.506. The number of non-ortho nitro benzene ring substituents is 1. The number of nitro groups is 1. The van der Waals surface area contributed by atoms with Gasteiger partial charge in [0.25, 0.3) is 11.6 Å². The lowest BCUT2D eigenvalue weighted by molar-refractivity contribution is -0.384. The van der Waals surface area contributed by atoms with E-state index in [0.717, 1.165) is 5.56 Å². The maximum absolute atomic E-state index is 12.2. The third-order valence-corrected chi connectivity index (χ3v) is 4.80. The lowest BCUT2D eigenvalue weighted by Crippen LogP contribution is -2.23. The molecule has 9 heteroatoms. The molecule has 0 aliphatic heterocycles. The molecule has 0 saturated heterocycles. The van der Waals surface area contributed by atoms with Gasteiger partial charge >= 0.3 is 0 Å². The second kappa shape index (κ2) is 10.2. The number of furan rings is 1. The van der Waals surface area contributed by atoms with Crippen LogP contribution < -0.4 is 10.1 Å². The van der Waals surface area contributed by atoms with E-state index in [9.17, 15) is 20.2 Å². The van der Waals surface area contributed by atoms with E-state index in [0.29, 0.717) is 21.5 Å². The maximum atomic E-state index is 12.2. The number of ether oxygens (including phenoxy) is 1. The molecule has 0 bridgehead atoms. The average molecular weight is 482 g/mol. The van der Waals surface area contributed by atoms with Crippen LogP contribution in [0.2, 0.25) is 0 Å². The van der Waals surface area contributed by atoms with Crippen LogP contribution in [0.25, 0.3) is 6.08 Å². The van der Waals surface area contributed by atoms with Crippen molar-refractivity contribution in [1.29, 1.82) is 5.26 Å². The van der Waals surface area contributed by atoms with Gasteiger partial charge in [-0.3, -0.25) is 14.9 Å². The lowest BCUT2D eigenvalue weighted by Gasteiger charge is -2.09. The minimum Gasteiger partial charge on any atom is -0.488 e. The van der Waals surface area contributed by atoms with Crippen molar-refractivity contribution in [3.8, 4) is 11.8 Å². The van der Waals surface area contributed by atoms with Gasteiger partial charge in [0.2, 0.25) is 0 Å². The summed E-state index contributed by atoms with van der Waals surface area (Å²) in [6.07, 6.45) is 2.98. The summed E-state index contributed by atoms with van der Waals surface area (Å²) in [4.78, 5) is 22.5. The van der Waals surface area contributed by atoms with Gasteiger partial charge < -0.3 is 14.5 Å². The Bertz CT molecular complexity index is 1150. The number of nitro benzene ring substituents is 1. The number of nitrogens with zero attached hydrogens (tertiary/aromatic N) is 2. The van der Waals surface area contributed by atoms with E-state index in [1.165, 1.54) is 24.5 Å². The first kappa shape index (κ1) is 21.8. The number of nitrogens with one attached hydrogen (secondary N) is 1. The quantitative estimate of drug-likeness (QED) is 0.214. The predicted molar refractivity (Wildman–Crippen MR) is 116 cm³/mol. The van der Waals surface area contributed by atoms with Crippen molar-refractivity contribution < 1.29 is 18.9 Å². The van der Waals surface area contributed by atoms with Gasteiger partial charge in [-0.25, -0.2) is 0 Å². The van der Waals surface area contributed by atoms with Gasteiger partial charge in [0.1, 0.15) is 29.8 Å². The molecule has 8 nitrogen and oxygen atoms in total. The van der Waals surface area contributed by atoms with Crippen LogP contribution in [0.5, 0.6) is 5.75 Å². The Labute approximate surface area is 186 Å². The second-order valence-electron chi connectivity index (χ2n) is 6.33. The van der Waals surface area contributed by atoms with Gasteiger partial charge in [-0.2, -0.15) is 5.26 Å².